The van der Waals surface area contributed by atoms with Crippen molar-refractivity contribution in [3.8, 4) is 11.5 Å². The Morgan fingerprint density at radius 3 is 2.63 bits per heavy atom. The Hall–Kier alpha value is -2.64. The molecule has 2 aromatic carbocycles. The van der Waals surface area contributed by atoms with Crippen molar-refractivity contribution < 1.29 is 19.0 Å². The number of amides is 1. The van der Waals surface area contributed by atoms with Crippen LogP contribution in [0.3, 0.4) is 0 Å². The van der Waals surface area contributed by atoms with Gasteiger partial charge < -0.3 is 19.5 Å². The minimum absolute atomic E-state index is 0.194. The summed E-state index contributed by atoms with van der Waals surface area (Å²) in [6.07, 6.45) is 0.929. The zero-order valence-corrected chi connectivity index (χ0v) is 16.3. The molecule has 0 aliphatic rings. The van der Waals surface area contributed by atoms with Crippen molar-refractivity contribution in [2.24, 2.45) is 0 Å². The monoisotopic (exact) mass is 388 g/mol. The van der Waals surface area contributed by atoms with Crippen molar-refractivity contribution in [2.45, 2.75) is 13.3 Å². The summed E-state index contributed by atoms with van der Waals surface area (Å²) in [4.78, 5) is 12.5. The summed E-state index contributed by atoms with van der Waals surface area (Å²) in [5.41, 5.74) is 1.14. The molecule has 0 spiro atoms. The summed E-state index contributed by atoms with van der Waals surface area (Å²) in [5.74, 6) is 0.872. The third kappa shape index (κ3) is 6.88. The first-order valence-electron chi connectivity index (χ1n) is 8.70. The van der Waals surface area contributed by atoms with E-state index in [0.29, 0.717) is 31.1 Å². The average molecular weight is 388 g/mol. The van der Waals surface area contributed by atoms with Gasteiger partial charge in [0.25, 0.3) is 5.91 Å². The lowest BCUT2D eigenvalue weighted by Gasteiger charge is -2.13. The molecule has 0 saturated carbocycles. The largest absolute Gasteiger partial charge is 0.494 e. The van der Waals surface area contributed by atoms with Crippen molar-refractivity contribution in [3.63, 3.8) is 0 Å². The third-order valence-corrected chi connectivity index (χ3v) is 3.67. The highest BCUT2D eigenvalue weighted by atomic mass is 32.1. The highest BCUT2D eigenvalue weighted by molar-refractivity contribution is 7.80. The van der Waals surface area contributed by atoms with E-state index in [9.17, 15) is 4.79 Å². The van der Waals surface area contributed by atoms with E-state index in [4.69, 9.17) is 26.4 Å². The van der Waals surface area contributed by atoms with E-state index in [1.54, 1.807) is 31.4 Å². The Balaban J connectivity index is 1.97. The van der Waals surface area contributed by atoms with Crippen molar-refractivity contribution in [2.75, 3.05) is 32.2 Å². The molecule has 0 fully saturated rings. The SMILES string of the molecule is CCCOc1cccc(NC(=S)NC(=O)c2ccccc2OCCOC)c1. The van der Waals surface area contributed by atoms with Crippen LogP contribution in [-0.2, 0) is 4.74 Å². The second kappa shape index (κ2) is 11.2. The van der Waals surface area contributed by atoms with Crippen LogP contribution in [-0.4, -0.2) is 38.0 Å². The van der Waals surface area contributed by atoms with Gasteiger partial charge in [-0.2, -0.15) is 0 Å². The second-order valence-electron chi connectivity index (χ2n) is 5.62. The molecule has 2 N–H and O–H groups in total. The predicted molar refractivity (Wildman–Crippen MR) is 110 cm³/mol. The minimum atomic E-state index is -0.348. The molecule has 27 heavy (non-hydrogen) atoms. The van der Waals surface area contributed by atoms with Gasteiger partial charge in [-0.15, -0.1) is 0 Å². The van der Waals surface area contributed by atoms with Crippen LogP contribution in [0.4, 0.5) is 5.69 Å². The van der Waals surface area contributed by atoms with E-state index < -0.39 is 0 Å². The van der Waals surface area contributed by atoms with Gasteiger partial charge in [0.05, 0.1) is 18.8 Å². The lowest BCUT2D eigenvalue weighted by Crippen LogP contribution is -2.34. The highest BCUT2D eigenvalue weighted by Crippen LogP contribution is 2.19. The Kier molecular flexibility index (Phi) is 8.54. The van der Waals surface area contributed by atoms with Gasteiger partial charge in [0.1, 0.15) is 18.1 Å². The molecule has 0 aliphatic heterocycles. The van der Waals surface area contributed by atoms with Crippen LogP contribution in [0.1, 0.15) is 23.7 Å². The van der Waals surface area contributed by atoms with Gasteiger partial charge in [0.15, 0.2) is 5.11 Å². The number of thiocarbonyl (C=S) groups is 1. The number of hydrogen-bond donors (Lipinski definition) is 2. The Bertz CT molecular complexity index is 767. The maximum Gasteiger partial charge on any atom is 0.261 e. The molecule has 0 atom stereocenters. The topological polar surface area (TPSA) is 68.8 Å². The molecular weight excluding hydrogens is 364 g/mol. The number of ether oxygens (including phenoxy) is 3. The molecule has 0 heterocycles. The summed E-state index contributed by atoms with van der Waals surface area (Å²) >= 11 is 5.25. The van der Waals surface area contributed by atoms with Crippen molar-refractivity contribution in [1.29, 1.82) is 0 Å². The van der Waals surface area contributed by atoms with Crippen molar-refractivity contribution in [1.82, 2.24) is 5.32 Å². The number of rotatable bonds is 9. The number of para-hydroxylation sites is 1. The molecule has 1 amide bonds. The van der Waals surface area contributed by atoms with Gasteiger partial charge in [-0.05, 0) is 42.9 Å². The summed E-state index contributed by atoms with van der Waals surface area (Å²) in [7, 11) is 1.59. The van der Waals surface area contributed by atoms with Gasteiger partial charge in [-0.3, -0.25) is 10.1 Å². The van der Waals surface area contributed by atoms with E-state index in [1.165, 1.54) is 0 Å². The van der Waals surface area contributed by atoms with Gasteiger partial charge in [-0.25, -0.2) is 0 Å². The van der Waals surface area contributed by atoms with Gasteiger partial charge in [-0.1, -0.05) is 25.1 Å². The molecule has 0 aromatic heterocycles. The van der Waals surface area contributed by atoms with Gasteiger partial charge >= 0.3 is 0 Å². The molecule has 0 bridgehead atoms. The first-order valence-corrected chi connectivity index (χ1v) is 9.10. The Labute approximate surface area is 164 Å². The quantitative estimate of drug-likeness (QED) is 0.505. The molecule has 2 rings (SSSR count). The summed E-state index contributed by atoms with van der Waals surface area (Å²) in [6, 6.07) is 14.4. The summed E-state index contributed by atoms with van der Waals surface area (Å²) in [6.45, 7) is 3.48. The van der Waals surface area contributed by atoms with Crippen molar-refractivity contribution >= 4 is 28.9 Å². The minimum Gasteiger partial charge on any atom is -0.494 e. The molecule has 0 aliphatic carbocycles. The van der Waals surface area contributed by atoms with Crippen LogP contribution in [0.2, 0.25) is 0 Å². The summed E-state index contributed by atoms with van der Waals surface area (Å²) in [5, 5.41) is 5.85. The molecule has 7 heteroatoms. The van der Waals surface area contributed by atoms with Crippen LogP contribution in [0.15, 0.2) is 48.5 Å². The number of methoxy groups -OCH3 is 1. The zero-order chi connectivity index (χ0) is 19.5. The predicted octanol–water partition coefficient (Wildman–Crippen LogP) is 3.63. The lowest BCUT2D eigenvalue weighted by atomic mass is 10.2. The van der Waals surface area contributed by atoms with E-state index in [2.05, 4.69) is 10.6 Å². The number of carbonyl (C=O) groups is 1. The highest BCUT2D eigenvalue weighted by Gasteiger charge is 2.13. The van der Waals surface area contributed by atoms with E-state index in [-0.39, 0.29) is 11.0 Å². The first kappa shape index (κ1) is 20.7. The molecule has 2 aromatic rings. The molecule has 144 valence electrons. The molecule has 6 nitrogen and oxygen atoms in total. The smallest absolute Gasteiger partial charge is 0.261 e. The Morgan fingerprint density at radius 2 is 1.85 bits per heavy atom. The zero-order valence-electron chi connectivity index (χ0n) is 15.5. The third-order valence-electron chi connectivity index (χ3n) is 3.47. The number of anilines is 1. The maximum atomic E-state index is 12.5. The maximum absolute atomic E-state index is 12.5. The first-order chi connectivity index (χ1) is 13.1. The fraction of sp³-hybridized carbons (Fsp3) is 0.300. The fourth-order valence-corrected chi connectivity index (χ4v) is 2.44. The second-order valence-corrected chi connectivity index (χ2v) is 6.03. The molecule has 0 radical (unpaired) electrons. The number of nitrogens with one attached hydrogen (secondary N) is 2. The molecule has 0 saturated heterocycles. The van der Waals surface area contributed by atoms with Crippen LogP contribution >= 0.6 is 12.2 Å². The van der Waals surface area contributed by atoms with E-state index in [1.807, 2.05) is 31.2 Å². The van der Waals surface area contributed by atoms with Crippen LogP contribution in [0, 0.1) is 0 Å². The van der Waals surface area contributed by atoms with Crippen LogP contribution in [0.5, 0.6) is 11.5 Å². The van der Waals surface area contributed by atoms with Crippen LogP contribution < -0.4 is 20.1 Å². The van der Waals surface area contributed by atoms with Gasteiger partial charge in [0, 0.05) is 18.9 Å². The number of benzene rings is 2. The number of hydrogen-bond acceptors (Lipinski definition) is 5. The number of carbonyl (C=O) groups excluding carboxylic acids is 1. The fourth-order valence-electron chi connectivity index (χ4n) is 2.23. The van der Waals surface area contributed by atoms with E-state index in [0.717, 1.165) is 17.9 Å². The van der Waals surface area contributed by atoms with Crippen LogP contribution in [0.25, 0.3) is 0 Å². The van der Waals surface area contributed by atoms with E-state index >= 15 is 0 Å². The van der Waals surface area contributed by atoms with Gasteiger partial charge in [0.2, 0.25) is 0 Å². The molecule has 0 unspecified atom stereocenters. The normalized spacial score (nSPS) is 10.1. The molecular formula is C20H24N2O4S. The summed E-state index contributed by atoms with van der Waals surface area (Å²) < 4.78 is 16.1. The van der Waals surface area contributed by atoms with Crippen molar-refractivity contribution in [3.05, 3.63) is 54.1 Å². The average Bonchev–Trinajstić information content (AvgIpc) is 2.67. The standard InChI is InChI=1S/C20H24N2O4S/c1-3-11-25-16-8-6-7-15(14-16)21-20(27)22-19(23)17-9-4-5-10-18(17)26-13-12-24-2/h4-10,14H,3,11-13H2,1-2H3,(H2,21,22,23,27). The Morgan fingerprint density at radius 1 is 1.04 bits per heavy atom. The lowest BCUT2D eigenvalue weighted by molar-refractivity contribution is 0.0970.